The molecule has 7 heteroatoms. The lowest BCUT2D eigenvalue weighted by molar-refractivity contribution is -0.128. The lowest BCUT2D eigenvalue weighted by Crippen LogP contribution is -2.24. The molecular formula is C20H18ClN3O3. The van der Waals surface area contributed by atoms with Crippen molar-refractivity contribution in [3.63, 3.8) is 0 Å². The number of amides is 1. The molecule has 2 aromatic carbocycles. The molecule has 1 saturated heterocycles. The number of carbonyl (C=O) groups is 1. The van der Waals surface area contributed by atoms with Crippen molar-refractivity contribution in [2.24, 2.45) is 0 Å². The molecule has 4 rings (SSSR count). The molecule has 1 amide bonds. The zero-order valence-electron chi connectivity index (χ0n) is 14.8. The summed E-state index contributed by atoms with van der Waals surface area (Å²) in [6.07, 6.45) is 0.367. The molecule has 3 aromatic rings. The molecule has 1 fully saturated rings. The van der Waals surface area contributed by atoms with E-state index in [9.17, 15) is 4.79 Å². The Bertz CT molecular complexity index is 955. The van der Waals surface area contributed by atoms with E-state index in [0.717, 1.165) is 16.9 Å². The molecule has 1 atom stereocenters. The van der Waals surface area contributed by atoms with Crippen molar-refractivity contribution in [1.29, 1.82) is 0 Å². The van der Waals surface area contributed by atoms with Gasteiger partial charge in [0.1, 0.15) is 5.75 Å². The highest BCUT2D eigenvalue weighted by molar-refractivity contribution is 6.31. The van der Waals surface area contributed by atoms with Gasteiger partial charge in [0.25, 0.3) is 5.89 Å². The molecule has 6 nitrogen and oxygen atoms in total. The normalized spacial score (nSPS) is 16.7. The maximum atomic E-state index is 12.4. The van der Waals surface area contributed by atoms with Gasteiger partial charge in [-0.05, 0) is 35.9 Å². The number of carbonyl (C=O) groups excluding carboxylic acids is 1. The monoisotopic (exact) mass is 383 g/mol. The Morgan fingerprint density at radius 2 is 2.00 bits per heavy atom. The molecule has 0 bridgehead atoms. The number of ether oxygens (including phenoxy) is 1. The van der Waals surface area contributed by atoms with Crippen LogP contribution in [0.1, 0.15) is 23.7 Å². The van der Waals surface area contributed by atoms with Gasteiger partial charge in [-0.1, -0.05) is 35.0 Å². The third-order valence-electron chi connectivity index (χ3n) is 4.68. The molecule has 2 heterocycles. The first-order valence-electron chi connectivity index (χ1n) is 8.63. The zero-order valence-corrected chi connectivity index (χ0v) is 15.5. The zero-order chi connectivity index (χ0) is 18.8. The molecule has 1 aliphatic rings. The van der Waals surface area contributed by atoms with Gasteiger partial charge in [0.2, 0.25) is 5.91 Å². The predicted octanol–water partition coefficient (Wildman–Crippen LogP) is 3.91. The fraction of sp³-hybridized carbons (Fsp3) is 0.250. The lowest BCUT2D eigenvalue weighted by atomic mass is 10.1. The highest BCUT2D eigenvalue weighted by atomic mass is 35.5. The van der Waals surface area contributed by atoms with Crippen LogP contribution in [0.2, 0.25) is 5.02 Å². The second-order valence-electron chi connectivity index (χ2n) is 6.45. The molecule has 0 N–H and O–H groups in total. The van der Waals surface area contributed by atoms with E-state index >= 15 is 0 Å². The van der Waals surface area contributed by atoms with Crippen molar-refractivity contribution in [3.8, 4) is 17.2 Å². The fourth-order valence-electron chi connectivity index (χ4n) is 3.18. The SMILES string of the molecule is COc1ccc(-c2nc(C3CC(=O)N(Cc4ccccc4Cl)C3)no2)cc1. The Balaban J connectivity index is 1.47. The molecular weight excluding hydrogens is 366 g/mol. The predicted molar refractivity (Wildman–Crippen MR) is 101 cm³/mol. The van der Waals surface area contributed by atoms with Gasteiger partial charge >= 0.3 is 0 Å². The molecule has 0 radical (unpaired) electrons. The summed E-state index contributed by atoms with van der Waals surface area (Å²) in [7, 11) is 1.62. The van der Waals surface area contributed by atoms with Crippen LogP contribution < -0.4 is 4.74 Å². The Morgan fingerprint density at radius 1 is 1.22 bits per heavy atom. The summed E-state index contributed by atoms with van der Waals surface area (Å²) < 4.78 is 10.5. The van der Waals surface area contributed by atoms with Crippen LogP contribution in [0.5, 0.6) is 5.75 Å². The second kappa shape index (κ2) is 7.40. The van der Waals surface area contributed by atoms with Crippen LogP contribution in [-0.2, 0) is 11.3 Å². The first-order chi connectivity index (χ1) is 13.1. The van der Waals surface area contributed by atoms with Gasteiger partial charge in [-0.3, -0.25) is 4.79 Å². The highest BCUT2D eigenvalue weighted by Crippen LogP contribution is 2.30. The van der Waals surface area contributed by atoms with Gasteiger partial charge in [0, 0.05) is 36.0 Å². The molecule has 1 unspecified atom stereocenters. The average molecular weight is 384 g/mol. The van der Waals surface area contributed by atoms with Crippen molar-refractivity contribution < 1.29 is 14.1 Å². The fourth-order valence-corrected chi connectivity index (χ4v) is 3.38. The number of aromatic nitrogens is 2. The van der Waals surface area contributed by atoms with E-state index in [0.29, 0.717) is 36.2 Å². The van der Waals surface area contributed by atoms with E-state index in [1.807, 2.05) is 48.5 Å². The van der Waals surface area contributed by atoms with Gasteiger partial charge in [0.05, 0.1) is 7.11 Å². The van der Waals surface area contributed by atoms with Crippen LogP contribution in [0.3, 0.4) is 0 Å². The summed E-state index contributed by atoms with van der Waals surface area (Å²) >= 11 is 6.21. The molecule has 1 aliphatic heterocycles. The van der Waals surface area contributed by atoms with Crippen LogP contribution in [0.4, 0.5) is 0 Å². The van der Waals surface area contributed by atoms with Crippen molar-refractivity contribution >= 4 is 17.5 Å². The van der Waals surface area contributed by atoms with Gasteiger partial charge in [-0.15, -0.1) is 0 Å². The van der Waals surface area contributed by atoms with E-state index in [1.165, 1.54) is 0 Å². The number of likely N-dealkylation sites (tertiary alicyclic amines) is 1. The number of rotatable bonds is 5. The topological polar surface area (TPSA) is 68.5 Å². The number of nitrogens with zero attached hydrogens (tertiary/aromatic N) is 3. The molecule has 138 valence electrons. The lowest BCUT2D eigenvalue weighted by Gasteiger charge is -2.16. The smallest absolute Gasteiger partial charge is 0.257 e. The summed E-state index contributed by atoms with van der Waals surface area (Å²) in [5.41, 5.74) is 1.74. The van der Waals surface area contributed by atoms with Gasteiger partial charge in [0.15, 0.2) is 5.82 Å². The first kappa shape index (κ1) is 17.5. The van der Waals surface area contributed by atoms with Gasteiger partial charge < -0.3 is 14.2 Å². The largest absolute Gasteiger partial charge is 0.497 e. The third-order valence-corrected chi connectivity index (χ3v) is 5.05. The van der Waals surface area contributed by atoms with E-state index in [-0.39, 0.29) is 11.8 Å². The van der Waals surface area contributed by atoms with Gasteiger partial charge in [-0.25, -0.2) is 0 Å². The van der Waals surface area contributed by atoms with Crippen molar-refractivity contribution in [3.05, 3.63) is 64.9 Å². The standard InChI is InChI=1S/C20H18ClN3O3/c1-26-16-8-6-13(7-9-16)20-22-19(23-27-20)15-10-18(25)24(12-15)11-14-4-2-3-5-17(14)21/h2-9,15H,10-12H2,1H3. The maximum Gasteiger partial charge on any atom is 0.257 e. The van der Waals surface area contributed by atoms with E-state index < -0.39 is 0 Å². The maximum absolute atomic E-state index is 12.4. The molecule has 0 spiro atoms. The summed E-state index contributed by atoms with van der Waals surface area (Å²) in [6, 6.07) is 14.9. The quantitative estimate of drug-likeness (QED) is 0.668. The number of hydrogen-bond donors (Lipinski definition) is 0. The minimum atomic E-state index is -0.0873. The van der Waals surface area contributed by atoms with Crippen LogP contribution in [0.25, 0.3) is 11.5 Å². The first-order valence-corrected chi connectivity index (χ1v) is 9.01. The van der Waals surface area contributed by atoms with Crippen molar-refractivity contribution in [1.82, 2.24) is 15.0 Å². The molecule has 1 aromatic heterocycles. The Labute approximate surface area is 161 Å². The second-order valence-corrected chi connectivity index (χ2v) is 6.86. The summed E-state index contributed by atoms with van der Waals surface area (Å²) in [4.78, 5) is 18.7. The van der Waals surface area contributed by atoms with Crippen LogP contribution in [-0.4, -0.2) is 34.6 Å². The third kappa shape index (κ3) is 3.66. The van der Waals surface area contributed by atoms with Crippen LogP contribution in [0, 0.1) is 0 Å². The minimum Gasteiger partial charge on any atom is -0.497 e. The summed E-state index contributed by atoms with van der Waals surface area (Å²) in [6.45, 7) is 1.03. The van der Waals surface area contributed by atoms with Gasteiger partial charge in [-0.2, -0.15) is 4.98 Å². The summed E-state index contributed by atoms with van der Waals surface area (Å²) in [5, 5.41) is 4.75. The van der Waals surface area contributed by atoms with Crippen LogP contribution >= 0.6 is 11.6 Å². The van der Waals surface area contributed by atoms with E-state index in [1.54, 1.807) is 12.0 Å². The van der Waals surface area contributed by atoms with Crippen molar-refractivity contribution in [2.75, 3.05) is 13.7 Å². The average Bonchev–Trinajstić information content (AvgIpc) is 3.31. The summed E-state index contributed by atoms with van der Waals surface area (Å²) in [5.74, 6) is 1.72. The highest BCUT2D eigenvalue weighted by Gasteiger charge is 2.34. The molecule has 0 aliphatic carbocycles. The number of hydrogen-bond acceptors (Lipinski definition) is 5. The minimum absolute atomic E-state index is 0.0655. The number of halogens is 1. The van der Waals surface area contributed by atoms with Crippen molar-refractivity contribution in [2.45, 2.75) is 18.9 Å². The number of benzene rings is 2. The Morgan fingerprint density at radius 3 is 2.74 bits per heavy atom. The number of methoxy groups -OCH3 is 1. The van der Waals surface area contributed by atoms with E-state index in [4.69, 9.17) is 20.9 Å². The molecule has 0 saturated carbocycles. The van der Waals surface area contributed by atoms with Crippen LogP contribution in [0.15, 0.2) is 53.1 Å². The molecule has 27 heavy (non-hydrogen) atoms. The van der Waals surface area contributed by atoms with E-state index in [2.05, 4.69) is 10.1 Å². The Kier molecular flexibility index (Phi) is 4.81. The Hall–Kier alpha value is -2.86.